The van der Waals surface area contributed by atoms with E-state index in [0.717, 1.165) is 30.6 Å². The maximum absolute atomic E-state index is 9.89. The molecule has 0 aromatic heterocycles. The number of ether oxygens (including phenoxy) is 4. The first-order valence-corrected chi connectivity index (χ1v) is 11.9. The molecule has 33 heavy (non-hydrogen) atoms. The predicted octanol–water partition coefficient (Wildman–Crippen LogP) is 6.12. The summed E-state index contributed by atoms with van der Waals surface area (Å²) in [4.78, 5) is 1.13. The molecule has 2 rings (SSSR count). The van der Waals surface area contributed by atoms with Gasteiger partial charge in [-0.3, -0.25) is 0 Å². The van der Waals surface area contributed by atoms with Gasteiger partial charge in [0.15, 0.2) is 25.1 Å². The number of benzene rings is 2. The van der Waals surface area contributed by atoms with Gasteiger partial charge in [0.05, 0.1) is 18.1 Å². The van der Waals surface area contributed by atoms with Gasteiger partial charge in [0.25, 0.3) is 0 Å². The van der Waals surface area contributed by atoms with Gasteiger partial charge in [0, 0.05) is 10.6 Å². The van der Waals surface area contributed by atoms with Gasteiger partial charge in [-0.05, 0) is 25.0 Å². The van der Waals surface area contributed by atoms with Crippen LogP contribution < -0.4 is 15.2 Å². The van der Waals surface area contributed by atoms with E-state index >= 15 is 0 Å². The molecule has 0 amide bonds. The van der Waals surface area contributed by atoms with E-state index in [1.807, 2.05) is 24.3 Å². The van der Waals surface area contributed by atoms with Crippen molar-refractivity contribution in [1.29, 1.82) is 10.5 Å². The van der Waals surface area contributed by atoms with Crippen LogP contribution in [0.1, 0.15) is 50.7 Å². The van der Waals surface area contributed by atoms with Crippen LogP contribution in [0.25, 0.3) is 0 Å². The summed E-state index contributed by atoms with van der Waals surface area (Å²) in [5.74, 6) is 0.228. The Kier molecular flexibility index (Phi) is 11.7. The molecule has 0 radical (unpaired) electrons. The largest absolute Gasteiger partial charge is 0.465 e. The first-order valence-electron chi connectivity index (χ1n) is 10.7. The molecular formula is C24H28ClN3O4S. The Morgan fingerprint density at radius 2 is 1.45 bits per heavy atom. The molecule has 7 nitrogen and oxygen atoms in total. The van der Waals surface area contributed by atoms with Crippen molar-refractivity contribution in [2.75, 3.05) is 32.5 Å². The number of rotatable bonds is 14. The quantitative estimate of drug-likeness (QED) is 0.192. The fourth-order valence-electron chi connectivity index (χ4n) is 2.73. The van der Waals surface area contributed by atoms with Crippen molar-refractivity contribution in [3.05, 3.63) is 40.4 Å². The second-order valence-corrected chi connectivity index (χ2v) is 8.39. The van der Waals surface area contributed by atoms with Gasteiger partial charge in [0.1, 0.15) is 28.3 Å². The zero-order chi connectivity index (χ0) is 24.1. The third-order valence-electron chi connectivity index (χ3n) is 4.52. The number of para-hydroxylation sites is 1. The van der Waals surface area contributed by atoms with Crippen molar-refractivity contribution in [3.63, 3.8) is 0 Å². The van der Waals surface area contributed by atoms with E-state index < -0.39 is 0 Å². The Morgan fingerprint density at radius 3 is 2.00 bits per heavy atom. The van der Waals surface area contributed by atoms with Crippen LogP contribution in [0.3, 0.4) is 0 Å². The Hall–Kier alpha value is -2.62. The normalized spacial score (nSPS) is 10.5. The van der Waals surface area contributed by atoms with Crippen LogP contribution in [-0.2, 0) is 9.47 Å². The van der Waals surface area contributed by atoms with Crippen LogP contribution in [0, 0.1) is 22.7 Å². The van der Waals surface area contributed by atoms with Crippen LogP contribution in [0.4, 0.5) is 5.69 Å². The van der Waals surface area contributed by atoms with Crippen LogP contribution in [0.5, 0.6) is 11.5 Å². The molecule has 0 unspecified atom stereocenters. The first-order chi connectivity index (χ1) is 16.1. The molecule has 0 aliphatic carbocycles. The average molecular weight is 490 g/mol. The lowest BCUT2D eigenvalue weighted by Gasteiger charge is -2.19. The molecule has 0 heterocycles. The fourth-order valence-corrected chi connectivity index (χ4v) is 4.07. The van der Waals surface area contributed by atoms with Gasteiger partial charge >= 0.3 is 0 Å². The lowest BCUT2D eigenvalue weighted by Crippen LogP contribution is -2.10. The van der Waals surface area contributed by atoms with E-state index in [0.29, 0.717) is 23.8 Å². The Labute approximate surface area is 204 Å². The van der Waals surface area contributed by atoms with Crippen molar-refractivity contribution in [2.45, 2.75) is 49.3 Å². The van der Waals surface area contributed by atoms with Gasteiger partial charge in [0.2, 0.25) is 0 Å². The number of nitrogen functional groups attached to an aromatic ring is 1. The summed E-state index contributed by atoms with van der Waals surface area (Å²) in [6.45, 7) is 4.95. The van der Waals surface area contributed by atoms with E-state index in [1.165, 1.54) is 11.8 Å². The smallest absolute Gasteiger partial charge is 0.189 e. The third kappa shape index (κ3) is 7.45. The van der Waals surface area contributed by atoms with Crippen molar-refractivity contribution in [3.8, 4) is 23.6 Å². The molecular weight excluding hydrogens is 462 g/mol. The van der Waals surface area contributed by atoms with E-state index in [-0.39, 0.29) is 41.2 Å². The first kappa shape index (κ1) is 26.6. The third-order valence-corrected chi connectivity index (χ3v) is 6.18. The summed E-state index contributed by atoms with van der Waals surface area (Å²) in [5, 5.41) is 19.8. The molecule has 2 aromatic carbocycles. The van der Waals surface area contributed by atoms with E-state index in [9.17, 15) is 10.5 Å². The lowest BCUT2D eigenvalue weighted by molar-refractivity contribution is 0.0102. The number of halogens is 1. The molecule has 176 valence electrons. The highest BCUT2D eigenvalue weighted by Crippen LogP contribution is 2.49. The Bertz CT molecular complexity index is 1000. The molecule has 0 fully saturated rings. The molecule has 0 aliphatic rings. The van der Waals surface area contributed by atoms with Crippen LogP contribution in [0.15, 0.2) is 34.1 Å². The van der Waals surface area contributed by atoms with Crippen LogP contribution in [0.2, 0.25) is 5.02 Å². The molecule has 0 atom stereocenters. The number of anilines is 1. The van der Waals surface area contributed by atoms with Crippen molar-refractivity contribution < 1.29 is 18.9 Å². The minimum Gasteiger partial charge on any atom is -0.465 e. The van der Waals surface area contributed by atoms with Gasteiger partial charge in [-0.15, -0.1) is 0 Å². The van der Waals surface area contributed by atoms with Crippen molar-refractivity contribution in [2.24, 2.45) is 0 Å². The minimum absolute atomic E-state index is 0.0153. The maximum Gasteiger partial charge on any atom is 0.189 e. The number of hydrogen-bond acceptors (Lipinski definition) is 8. The number of nitriles is 2. The Morgan fingerprint density at radius 1 is 0.909 bits per heavy atom. The highest BCUT2D eigenvalue weighted by molar-refractivity contribution is 7.99. The zero-order valence-corrected chi connectivity index (χ0v) is 20.4. The summed E-state index contributed by atoms with van der Waals surface area (Å²) in [6.07, 6.45) is 3.72. The van der Waals surface area contributed by atoms with E-state index in [4.69, 9.17) is 36.3 Å². The summed E-state index contributed by atoms with van der Waals surface area (Å²) >= 11 is 7.94. The summed E-state index contributed by atoms with van der Waals surface area (Å²) < 4.78 is 22.5. The summed E-state index contributed by atoms with van der Waals surface area (Å²) in [6, 6.07) is 11.3. The second kappa shape index (κ2) is 14.5. The monoisotopic (exact) mass is 489 g/mol. The SMILES string of the molecule is CCCCOCOc1c(Cl)c(Sc2ccccc2N)c(OCOCCCC)c(C#N)c1C#N. The van der Waals surface area contributed by atoms with Gasteiger partial charge in [-0.2, -0.15) is 10.5 Å². The minimum atomic E-state index is -0.100. The van der Waals surface area contributed by atoms with Gasteiger partial charge in [-0.25, -0.2) is 0 Å². The molecule has 2 N–H and O–H groups in total. The molecule has 0 spiro atoms. The lowest BCUT2D eigenvalue weighted by atomic mass is 10.1. The van der Waals surface area contributed by atoms with Crippen molar-refractivity contribution >= 4 is 29.1 Å². The number of unbranched alkanes of at least 4 members (excludes halogenated alkanes) is 2. The maximum atomic E-state index is 9.89. The Balaban J connectivity index is 2.48. The van der Waals surface area contributed by atoms with Gasteiger partial charge in [-0.1, -0.05) is 62.2 Å². The molecule has 0 saturated heterocycles. The van der Waals surface area contributed by atoms with Crippen molar-refractivity contribution in [1.82, 2.24) is 0 Å². The zero-order valence-electron chi connectivity index (χ0n) is 18.9. The molecule has 2 aromatic rings. The molecule has 0 saturated carbocycles. The predicted molar refractivity (Wildman–Crippen MR) is 129 cm³/mol. The van der Waals surface area contributed by atoms with E-state index in [1.54, 1.807) is 6.07 Å². The van der Waals surface area contributed by atoms with Crippen LogP contribution >= 0.6 is 23.4 Å². The molecule has 0 aliphatic heterocycles. The number of nitrogens with two attached hydrogens (primary N) is 1. The molecule has 0 bridgehead atoms. The standard InChI is InChI=1S/C24H28ClN3O4S/c1-3-5-11-29-15-31-22-17(13-26)18(14-27)23(32-16-30-12-6-4-2)24(21(22)25)33-20-10-8-7-9-19(20)28/h7-10H,3-6,11-12,15-16,28H2,1-2H3. The van der Waals surface area contributed by atoms with E-state index in [2.05, 4.69) is 19.9 Å². The molecule has 9 heteroatoms. The highest BCUT2D eigenvalue weighted by atomic mass is 35.5. The second-order valence-electron chi connectivity index (χ2n) is 6.96. The topological polar surface area (TPSA) is 111 Å². The fraction of sp³-hybridized carbons (Fsp3) is 0.417. The average Bonchev–Trinajstić information content (AvgIpc) is 2.82. The summed E-state index contributed by atoms with van der Waals surface area (Å²) in [7, 11) is 0. The van der Waals surface area contributed by atoms with Gasteiger partial charge < -0.3 is 24.7 Å². The number of hydrogen-bond donors (Lipinski definition) is 1. The number of nitrogens with zero attached hydrogens (tertiary/aromatic N) is 2. The summed E-state index contributed by atoms with van der Waals surface area (Å²) in [5.41, 5.74) is 6.65. The van der Waals surface area contributed by atoms with Crippen LogP contribution in [-0.4, -0.2) is 26.8 Å². The highest BCUT2D eigenvalue weighted by Gasteiger charge is 2.27.